The molecule has 80 valence electrons. The van der Waals surface area contributed by atoms with Crippen LogP contribution in [0.5, 0.6) is 0 Å². The first-order valence-electron chi connectivity index (χ1n) is 5.14. The van der Waals surface area contributed by atoms with E-state index in [0.717, 1.165) is 10.8 Å². The van der Waals surface area contributed by atoms with Crippen molar-refractivity contribution in [1.29, 1.82) is 0 Å². The van der Waals surface area contributed by atoms with Gasteiger partial charge in [0.05, 0.1) is 4.34 Å². The largest absolute Gasteiger partial charge is 0.328 e. The van der Waals surface area contributed by atoms with Gasteiger partial charge in [-0.15, -0.1) is 11.3 Å². The zero-order chi connectivity index (χ0) is 10.6. The maximum Gasteiger partial charge on any atom is 0.0931 e. The summed E-state index contributed by atoms with van der Waals surface area (Å²) >= 11 is 7.61. The first-order valence-corrected chi connectivity index (χ1v) is 6.33. The van der Waals surface area contributed by atoms with Gasteiger partial charge in [0, 0.05) is 10.9 Å². The van der Waals surface area contributed by atoms with E-state index in [1.807, 2.05) is 6.07 Å². The van der Waals surface area contributed by atoms with Crippen molar-refractivity contribution in [2.75, 3.05) is 0 Å². The highest BCUT2D eigenvalue weighted by Gasteiger charge is 2.12. The Morgan fingerprint density at radius 1 is 1.43 bits per heavy atom. The van der Waals surface area contributed by atoms with Crippen LogP contribution in [0, 0.1) is 0 Å². The van der Waals surface area contributed by atoms with E-state index in [1.165, 1.54) is 17.7 Å². The highest BCUT2D eigenvalue weighted by molar-refractivity contribution is 7.16. The second kappa shape index (κ2) is 5.74. The van der Waals surface area contributed by atoms with E-state index in [9.17, 15) is 0 Å². The lowest BCUT2D eigenvalue weighted by Crippen LogP contribution is -2.15. The Kier molecular flexibility index (Phi) is 4.93. The molecule has 14 heavy (non-hydrogen) atoms. The number of halogens is 1. The quantitative estimate of drug-likeness (QED) is 0.814. The molecule has 0 aliphatic carbocycles. The molecule has 1 aromatic rings. The van der Waals surface area contributed by atoms with Crippen LogP contribution in [0.25, 0.3) is 0 Å². The fraction of sp³-hybridized carbons (Fsp3) is 0.636. The van der Waals surface area contributed by atoms with E-state index < -0.39 is 0 Å². The van der Waals surface area contributed by atoms with Crippen molar-refractivity contribution in [2.24, 2.45) is 5.73 Å². The molecule has 0 amide bonds. The third-order valence-electron chi connectivity index (χ3n) is 2.46. The van der Waals surface area contributed by atoms with Crippen LogP contribution in [0.1, 0.15) is 43.9 Å². The van der Waals surface area contributed by atoms with Crippen LogP contribution in [0.4, 0.5) is 0 Å². The van der Waals surface area contributed by atoms with Crippen molar-refractivity contribution in [2.45, 2.75) is 45.1 Å². The highest BCUT2D eigenvalue weighted by Crippen LogP contribution is 2.33. The van der Waals surface area contributed by atoms with E-state index in [2.05, 4.69) is 19.9 Å². The normalized spacial score (nSPS) is 15.4. The number of rotatable bonds is 5. The molecule has 0 fully saturated rings. The minimum Gasteiger partial charge on any atom is -0.328 e. The van der Waals surface area contributed by atoms with Gasteiger partial charge in [0.15, 0.2) is 0 Å². The molecule has 2 N–H and O–H groups in total. The van der Waals surface area contributed by atoms with Crippen LogP contribution in [0.2, 0.25) is 4.34 Å². The monoisotopic (exact) mass is 231 g/mol. The molecule has 0 aliphatic rings. The van der Waals surface area contributed by atoms with Crippen molar-refractivity contribution in [3.8, 4) is 0 Å². The average molecular weight is 232 g/mol. The molecule has 0 saturated carbocycles. The van der Waals surface area contributed by atoms with Gasteiger partial charge in [0.1, 0.15) is 0 Å². The molecule has 0 spiro atoms. The van der Waals surface area contributed by atoms with Gasteiger partial charge in [-0.05, 0) is 44.2 Å². The number of thiophene rings is 1. The summed E-state index contributed by atoms with van der Waals surface area (Å²) < 4.78 is 0.888. The van der Waals surface area contributed by atoms with Gasteiger partial charge in [0.2, 0.25) is 0 Å². The molecule has 2 atom stereocenters. The predicted molar refractivity (Wildman–Crippen MR) is 65.2 cm³/mol. The molecular weight excluding hydrogens is 214 g/mol. The van der Waals surface area contributed by atoms with Gasteiger partial charge < -0.3 is 5.73 Å². The van der Waals surface area contributed by atoms with Gasteiger partial charge >= 0.3 is 0 Å². The molecule has 0 aliphatic heterocycles. The third-order valence-corrected chi connectivity index (χ3v) is 3.85. The van der Waals surface area contributed by atoms with Gasteiger partial charge in [-0.3, -0.25) is 0 Å². The van der Waals surface area contributed by atoms with Gasteiger partial charge in [-0.25, -0.2) is 0 Å². The summed E-state index contributed by atoms with van der Waals surface area (Å²) in [7, 11) is 0. The molecule has 1 nitrogen and oxygen atoms in total. The summed E-state index contributed by atoms with van der Waals surface area (Å²) in [5, 5.41) is 0. The van der Waals surface area contributed by atoms with Crippen molar-refractivity contribution in [3.05, 3.63) is 21.3 Å². The van der Waals surface area contributed by atoms with Crippen LogP contribution in [-0.2, 0) is 0 Å². The van der Waals surface area contributed by atoms with Crippen molar-refractivity contribution in [1.82, 2.24) is 0 Å². The Hall–Kier alpha value is -0.0500. The Balaban J connectivity index is 2.54. The van der Waals surface area contributed by atoms with E-state index in [-0.39, 0.29) is 0 Å². The van der Waals surface area contributed by atoms with Crippen LogP contribution < -0.4 is 5.73 Å². The van der Waals surface area contributed by atoms with E-state index >= 15 is 0 Å². The summed E-state index contributed by atoms with van der Waals surface area (Å²) in [6.45, 7) is 4.29. The lowest BCUT2D eigenvalue weighted by atomic mass is 9.96. The molecule has 1 rings (SSSR count). The second-order valence-electron chi connectivity index (χ2n) is 3.80. The standard InChI is InChI=1S/C11H18ClNS/c1-3-9(5-4-8(2)13)10-6-7-11(12)14-10/h6-9H,3-5,13H2,1-2H3. The first-order chi connectivity index (χ1) is 6.63. The van der Waals surface area contributed by atoms with Crippen molar-refractivity contribution < 1.29 is 0 Å². The maximum atomic E-state index is 5.92. The summed E-state index contributed by atoms with van der Waals surface area (Å²) in [5.41, 5.74) is 5.76. The smallest absolute Gasteiger partial charge is 0.0931 e. The Morgan fingerprint density at radius 2 is 2.14 bits per heavy atom. The minimum atomic E-state index is 0.305. The first kappa shape index (κ1) is 12.0. The lowest BCUT2D eigenvalue weighted by Gasteiger charge is -2.14. The molecule has 1 heterocycles. The van der Waals surface area contributed by atoms with Crippen LogP contribution >= 0.6 is 22.9 Å². The van der Waals surface area contributed by atoms with E-state index in [1.54, 1.807) is 11.3 Å². The van der Waals surface area contributed by atoms with E-state index in [0.29, 0.717) is 12.0 Å². The van der Waals surface area contributed by atoms with Gasteiger partial charge in [-0.2, -0.15) is 0 Å². The molecule has 3 heteroatoms. The molecule has 2 unspecified atom stereocenters. The van der Waals surface area contributed by atoms with Crippen molar-refractivity contribution in [3.63, 3.8) is 0 Å². The highest BCUT2D eigenvalue weighted by atomic mass is 35.5. The molecule has 0 saturated heterocycles. The fourth-order valence-corrected chi connectivity index (χ4v) is 2.84. The molecule has 0 bridgehead atoms. The summed E-state index contributed by atoms with van der Waals surface area (Å²) in [6, 6.07) is 4.43. The van der Waals surface area contributed by atoms with Crippen LogP contribution in [0.3, 0.4) is 0 Å². The van der Waals surface area contributed by atoms with Gasteiger partial charge in [0.25, 0.3) is 0 Å². The lowest BCUT2D eigenvalue weighted by molar-refractivity contribution is 0.538. The molecular formula is C11H18ClNS. The molecule has 0 aromatic carbocycles. The van der Waals surface area contributed by atoms with Crippen molar-refractivity contribution >= 4 is 22.9 Å². The topological polar surface area (TPSA) is 26.0 Å². The summed E-state index contributed by atoms with van der Waals surface area (Å²) in [5.74, 6) is 0.637. The predicted octanol–water partition coefficient (Wildman–Crippen LogP) is 4.02. The fourth-order valence-electron chi connectivity index (χ4n) is 1.56. The third kappa shape index (κ3) is 3.60. The maximum absolute atomic E-state index is 5.92. The Labute approximate surface area is 95.3 Å². The van der Waals surface area contributed by atoms with E-state index in [4.69, 9.17) is 17.3 Å². The zero-order valence-corrected chi connectivity index (χ0v) is 10.4. The molecule has 0 radical (unpaired) electrons. The average Bonchev–Trinajstić information content (AvgIpc) is 2.53. The number of hydrogen-bond donors (Lipinski definition) is 1. The number of nitrogens with two attached hydrogens (primary N) is 1. The molecule has 1 aromatic heterocycles. The summed E-state index contributed by atoms with van der Waals surface area (Å²) in [6.07, 6.45) is 3.43. The zero-order valence-electron chi connectivity index (χ0n) is 8.79. The SMILES string of the molecule is CCC(CCC(C)N)c1ccc(Cl)s1. The second-order valence-corrected chi connectivity index (χ2v) is 5.55. The Morgan fingerprint density at radius 3 is 2.57 bits per heavy atom. The van der Waals surface area contributed by atoms with Gasteiger partial charge in [-0.1, -0.05) is 18.5 Å². The number of hydrogen-bond acceptors (Lipinski definition) is 2. The summed E-state index contributed by atoms with van der Waals surface area (Å²) in [4.78, 5) is 1.40. The van der Waals surface area contributed by atoms with Crippen LogP contribution in [-0.4, -0.2) is 6.04 Å². The minimum absolute atomic E-state index is 0.305. The Bertz CT molecular complexity index is 270. The van der Waals surface area contributed by atoms with Crippen LogP contribution in [0.15, 0.2) is 12.1 Å².